The predicted molar refractivity (Wildman–Crippen MR) is 90.8 cm³/mol. The molecule has 2 aromatic rings. The lowest BCUT2D eigenvalue weighted by molar-refractivity contribution is -0.124. The van der Waals surface area contributed by atoms with Crippen LogP contribution in [0.3, 0.4) is 0 Å². The first-order valence-electron chi connectivity index (χ1n) is 7.45. The number of aryl methyl sites for hydroxylation is 1. The van der Waals surface area contributed by atoms with E-state index in [0.717, 1.165) is 11.1 Å². The third-order valence-corrected chi connectivity index (χ3v) is 4.16. The highest BCUT2D eigenvalue weighted by Gasteiger charge is 2.22. The summed E-state index contributed by atoms with van der Waals surface area (Å²) < 4.78 is 13.6. The molecule has 122 valence electrons. The second-order valence-corrected chi connectivity index (χ2v) is 6.02. The van der Waals surface area contributed by atoms with Crippen LogP contribution in [-0.2, 0) is 4.79 Å². The number of hydrogen-bond acceptors (Lipinski definition) is 2. The van der Waals surface area contributed by atoms with Gasteiger partial charge in [0.25, 0.3) is 0 Å². The van der Waals surface area contributed by atoms with Crippen molar-refractivity contribution in [2.24, 2.45) is 11.7 Å². The van der Waals surface area contributed by atoms with Gasteiger partial charge in [-0.3, -0.25) is 4.79 Å². The summed E-state index contributed by atoms with van der Waals surface area (Å²) in [5.41, 5.74) is 7.61. The topological polar surface area (TPSA) is 55.1 Å². The molecule has 0 radical (unpaired) electrons. The van der Waals surface area contributed by atoms with Crippen molar-refractivity contribution in [2.45, 2.75) is 19.9 Å². The molecule has 2 rings (SSSR count). The maximum Gasteiger partial charge on any atom is 0.224 e. The van der Waals surface area contributed by atoms with Gasteiger partial charge >= 0.3 is 0 Å². The van der Waals surface area contributed by atoms with Gasteiger partial charge in [-0.05, 0) is 35.7 Å². The number of hydrogen-bond donors (Lipinski definition) is 2. The highest BCUT2D eigenvalue weighted by Crippen LogP contribution is 2.29. The van der Waals surface area contributed by atoms with E-state index in [1.54, 1.807) is 32.0 Å². The summed E-state index contributed by atoms with van der Waals surface area (Å²) in [5.74, 6) is -0.769. The SMILES string of the molecule is Cc1cc(C(NC(=O)C(C)CN)c2ccccc2Cl)ccc1F. The smallest absolute Gasteiger partial charge is 0.224 e. The van der Waals surface area contributed by atoms with E-state index >= 15 is 0 Å². The van der Waals surface area contributed by atoms with Crippen LogP contribution in [0.4, 0.5) is 4.39 Å². The predicted octanol–water partition coefficient (Wildman–Crippen LogP) is 3.59. The van der Waals surface area contributed by atoms with Gasteiger partial charge in [-0.1, -0.05) is 48.9 Å². The zero-order chi connectivity index (χ0) is 17.0. The molecule has 2 unspecified atom stereocenters. The largest absolute Gasteiger partial charge is 0.345 e. The lowest BCUT2D eigenvalue weighted by Gasteiger charge is -2.23. The fraction of sp³-hybridized carbons (Fsp3) is 0.278. The molecule has 23 heavy (non-hydrogen) atoms. The summed E-state index contributed by atoms with van der Waals surface area (Å²) >= 11 is 6.29. The lowest BCUT2D eigenvalue weighted by atomic mass is 9.96. The zero-order valence-corrected chi connectivity index (χ0v) is 13.9. The molecule has 3 N–H and O–H groups in total. The molecule has 0 spiro atoms. The fourth-order valence-corrected chi connectivity index (χ4v) is 2.53. The van der Waals surface area contributed by atoms with Crippen LogP contribution in [-0.4, -0.2) is 12.5 Å². The van der Waals surface area contributed by atoms with Crippen LogP contribution in [0.2, 0.25) is 5.02 Å². The molecule has 0 saturated heterocycles. The van der Waals surface area contributed by atoms with E-state index in [4.69, 9.17) is 17.3 Å². The number of nitrogens with one attached hydrogen (secondary N) is 1. The van der Waals surface area contributed by atoms with Crippen LogP contribution in [0.25, 0.3) is 0 Å². The standard InChI is InChI=1S/C18H20ClFN2O/c1-11-9-13(7-8-16(11)20)17(22-18(23)12(2)10-21)14-5-3-4-6-15(14)19/h3-9,12,17H,10,21H2,1-2H3,(H,22,23). The van der Waals surface area contributed by atoms with Crippen LogP contribution < -0.4 is 11.1 Å². The van der Waals surface area contributed by atoms with Gasteiger partial charge < -0.3 is 11.1 Å². The van der Waals surface area contributed by atoms with Crippen LogP contribution in [0.5, 0.6) is 0 Å². The van der Waals surface area contributed by atoms with Crippen molar-refractivity contribution in [3.8, 4) is 0 Å². The minimum absolute atomic E-state index is 0.167. The Morgan fingerprint density at radius 3 is 2.61 bits per heavy atom. The first kappa shape index (κ1) is 17.4. The molecule has 0 heterocycles. The van der Waals surface area contributed by atoms with E-state index in [0.29, 0.717) is 10.6 Å². The van der Waals surface area contributed by atoms with Gasteiger partial charge in [-0.15, -0.1) is 0 Å². The molecule has 2 atom stereocenters. The average Bonchev–Trinajstić information content (AvgIpc) is 2.55. The van der Waals surface area contributed by atoms with Gasteiger partial charge in [-0.25, -0.2) is 4.39 Å². The van der Waals surface area contributed by atoms with Gasteiger partial charge in [0.1, 0.15) is 5.82 Å². The van der Waals surface area contributed by atoms with Crippen molar-refractivity contribution in [3.05, 3.63) is 70.0 Å². The van der Waals surface area contributed by atoms with Gasteiger partial charge in [0.2, 0.25) is 5.91 Å². The molecule has 2 aromatic carbocycles. The fourth-order valence-electron chi connectivity index (χ4n) is 2.29. The number of carbonyl (C=O) groups excluding carboxylic acids is 1. The van der Waals surface area contributed by atoms with E-state index in [1.165, 1.54) is 6.07 Å². The molecule has 1 amide bonds. The van der Waals surface area contributed by atoms with Gasteiger partial charge in [0.05, 0.1) is 6.04 Å². The molecule has 0 bridgehead atoms. The Hall–Kier alpha value is -1.91. The second-order valence-electron chi connectivity index (χ2n) is 5.61. The molecular formula is C18H20ClFN2O. The monoisotopic (exact) mass is 334 g/mol. The van der Waals surface area contributed by atoms with Crippen molar-refractivity contribution < 1.29 is 9.18 Å². The maximum absolute atomic E-state index is 13.6. The Morgan fingerprint density at radius 1 is 1.30 bits per heavy atom. The van der Waals surface area contributed by atoms with Crippen LogP contribution >= 0.6 is 11.6 Å². The number of rotatable bonds is 5. The summed E-state index contributed by atoms with van der Waals surface area (Å²) in [7, 11) is 0. The first-order chi connectivity index (χ1) is 10.9. The minimum atomic E-state index is -0.454. The summed E-state index contributed by atoms with van der Waals surface area (Å²) in [6.45, 7) is 3.70. The van der Waals surface area contributed by atoms with Crippen LogP contribution in [0, 0.1) is 18.7 Å². The highest BCUT2D eigenvalue weighted by atomic mass is 35.5. The Balaban J connectivity index is 2.45. The molecule has 0 aromatic heterocycles. The van der Waals surface area contributed by atoms with Crippen molar-refractivity contribution in [3.63, 3.8) is 0 Å². The van der Waals surface area contributed by atoms with Crippen molar-refractivity contribution in [2.75, 3.05) is 6.54 Å². The van der Waals surface area contributed by atoms with Crippen molar-refractivity contribution >= 4 is 17.5 Å². The zero-order valence-electron chi connectivity index (χ0n) is 13.1. The Bertz CT molecular complexity index is 705. The molecule has 5 heteroatoms. The molecule has 0 saturated carbocycles. The maximum atomic E-state index is 13.6. The molecule has 3 nitrogen and oxygen atoms in total. The summed E-state index contributed by atoms with van der Waals surface area (Å²) in [6, 6.07) is 11.6. The van der Waals surface area contributed by atoms with Gasteiger partial charge in [0, 0.05) is 17.5 Å². The number of carbonyl (C=O) groups is 1. The van der Waals surface area contributed by atoms with Crippen molar-refractivity contribution in [1.82, 2.24) is 5.32 Å². The Kier molecular flexibility index (Phi) is 5.74. The number of halogens is 2. The molecule has 0 aliphatic rings. The Morgan fingerprint density at radius 2 is 2.00 bits per heavy atom. The lowest BCUT2D eigenvalue weighted by Crippen LogP contribution is -2.36. The molecule has 0 aliphatic carbocycles. The summed E-state index contributed by atoms with van der Waals surface area (Å²) in [5, 5.41) is 3.50. The average molecular weight is 335 g/mol. The van der Waals surface area contributed by atoms with Crippen LogP contribution in [0.1, 0.15) is 29.7 Å². The summed E-state index contributed by atoms with van der Waals surface area (Å²) in [6.07, 6.45) is 0. The van der Waals surface area contributed by atoms with E-state index in [1.807, 2.05) is 18.2 Å². The van der Waals surface area contributed by atoms with E-state index < -0.39 is 6.04 Å². The van der Waals surface area contributed by atoms with Crippen LogP contribution in [0.15, 0.2) is 42.5 Å². The van der Waals surface area contributed by atoms with Crippen molar-refractivity contribution in [1.29, 1.82) is 0 Å². The molecule has 0 aliphatic heterocycles. The number of benzene rings is 2. The molecule has 0 fully saturated rings. The van der Waals surface area contributed by atoms with Gasteiger partial charge in [0.15, 0.2) is 0 Å². The Labute approximate surface area is 140 Å². The minimum Gasteiger partial charge on any atom is -0.345 e. The normalized spacial score (nSPS) is 13.4. The number of amides is 1. The van der Waals surface area contributed by atoms with E-state index in [2.05, 4.69) is 5.32 Å². The first-order valence-corrected chi connectivity index (χ1v) is 7.82. The van der Waals surface area contributed by atoms with E-state index in [9.17, 15) is 9.18 Å². The van der Waals surface area contributed by atoms with E-state index in [-0.39, 0.29) is 24.2 Å². The second kappa shape index (κ2) is 7.57. The quantitative estimate of drug-likeness (QED) is 0.878. The third-order valence-electron chi connectivity index (χ3n) is 3.82. The highest BCUT2D eigenvalue weighted by molar-refractivity contribution is 6.31. The van der Waals surface area contributed by atoms with Gasteiger partial charge in [-0.2, -0.15) is 0 Å². The summed E-state index contributed by atoms with van der Waals surface area (Å²) in [4.78, 5) is 12.3. The number of nitrogens with two attached hydrogens (primary N) is 1. The molecular weight excluding hydrogens is 315 g/mol. The third kappa shape index (κ3) is 4.09.